The topological polar surface area (TPSA) is 61.4 Å². The van der Waals surface area contributed by atoms with Gasteiger partial charge in [-0.25, -0.2) is 0 Å². The van der Waals surface area contributed by atoms with Gasteiger partial charge in [0.15, 0.2) is 0 Å². The number of rotatable bonds is 7. The van der Waals surface area contributed by atoms with Crippen LogP contribution >= 0.6 is 0 Å². The summed E-state index contributed by atoms with van der Waals surface area (Å²) >= 11 is 0. The van der Waals surface area contributed by atoms with E-state index in [1.807, 2.05) is 69.3 Å². The molecule has 0 saturated carbocycles. The van der Waals surface area contributed by atoms with E-state index < -0.39 is 0 Å². The number of carbonyl (C=O) groups is 2. The molecule has 2 aromatic carbocycles. The molecule has 1 unspecified atom stereocenters. The van der Waals surface area contributed by atoms with Crippen LogP contribution in [0, 0.1) is 13.8 Å². The predicted molar refractivity (Wildman–Crippen MR) is 105 cm³/mol. The highest BCUT2D eigenvalue weighted by atomic mass is 16.2. The lowest BCUT2D eigenvalue weighted by molar-refractivity contribution is -0.123. The summed E-state index contributed by atoms with van der Waals surface area (Å²) in [5.41, 5.74) is 4.14. The second kappa shape index (κ2) is 9.15. The van der Waals surface area contributed by atoms with E-state index in [9.17, 15) is 9.59 Å². The zero-order valence-electron chi connectivity index (χ0n) is 15.9. The Morgan fingerprint density at radius 1 is 0.962 bits per heavy atom. The van der Waals surface area contributed by atoms with Gasteiger partial charge in [0.2, 0.25) is 11.8 Å². The molecule has 0 bridgehead atoms. The molecule has 5 heteroatoms. The van der Waals surface area contributed by atoms with Crippen LogP contribution in [-0.4, -0.2) is 36.9 Å². The van der Waals surface area contributed by atoms with Gasteiger partial charge < -0.3 is 10.6 Å². The fourth-order valence-electron chi connectivity index (χ4n) is 2.82. The summed E-state index contributed by atoms with van der Waals surface area (Å²) in [4.78, 5) is 26.0. The van der Waals surface area contributed by atoms with Gasteiger partial charge in [-0.1, -0.05) is 42.0 Å². The smallest absolute Gasteiger partial charge is 0.238 e. The van der Waals surface area contributed by atoms with Crippen LogP contribution in [0.3, 0.4) is 0 Å². The highest BCUT2D eigenvalue weighted by Gasteiger charge is 2.14. The Morgan fingerprint density at radius 2 is 1.58 bits per heavy atom. The van der Waals surface area contributed by atoms with E-state index in [0.29, 0.717) is 0 Å². The highest BCUT2D eigenvalue weighted by molar-refractivity contribution is 5.92. The molecular weight excluding hydrogens is 326 g/mol. The maximum Gasteiger partial charge on any atom is 0.238 e. The third-order valence-electron chi connectivity index (χ3n) is 4.19. The third kappa shape index (κ3) is 6.01. The van der Waals surface area contributed by atoms with Crippen LogP contribution in [0.15, 0.2) is 48.5 Å². The molecule has 138 valence electrons. The van der Waals surface area contributed by atoms with Gasteiger partial charge in [-0.15, -0.1) is 0 Å². The highest BCUT2D eigenvalue weighted by Crippen LogP contribution is 2.16. The van der Waals surface area contributed by atoms with Gasteiger partial charge in [0.1, 0.15) is 0 Å². The van der Waals surface area contributed by atoms with E-state index in [1.54, 1.807) is 11.9 Å². The van der Waals surface area contributed by atoms with Gasteiger partial charge in [0.25, 0.3) is 0 Å². The van der Waals surface area contributed by atoms with Crippen molar-refractivity contribution in [2.45, 2.75) is 26.8 Å². The van der Waals surface area contributed by atoms with Crippen molar-refractivity contribution >= 4 is 17.5 Å². The normalized spacial score (nSPS) is 11.9. The molecule has 2 N–H and O–H groups in total. The Morgan fingerprint density at radius 3 is 2.23 bits per heavy atom. The standard InChI is InChI=1S/C21H27N3O2/c1-15-9-11-18(12-10-15)23-21(26)14-24(4)13-20(25)22-17(3)19-8-6-5-7-16(19)2/h5-12,17H,13-14H2,1-4H3,(H,22,25)(H,23,26). The van der Waals surface area contributed by atoms with E-state index in [4.69, 9.17) is 0 Å². The molecule has 26 heavy (non-hydrogen) atoms. The van der Waals surface area contributed by atoms with Crippen molar-refractivity contribution in [3.05, 3.63) is 65.2 Å². The molecule has 0 heterocycles. The van der Waals surface area contributed by atoms with Gasteiger partial charge in [-0.2, -0.15) is 0 Å². The summed E-state index contributed by atoms with van der Waals surface area (Å²) in [6.45, 7) is 6.30. The first-order valence-corrected chi connectivity index (χ1v) is 8.75. The Hall–Kier alpha value is -2.66. The Labute approximate surface area is 155 Å². The average molecular weight is 353 g/mol. The van der Waals surface area contributed by atoms with Crippen molar-refractivity contribution in [2.75, 3.05) is 25.5 Å². The lowest BCUT2D eigenvalue weighted by Crippen LogP contribution is -2.39. The molecule has 0 radical (unpaired) electrons. The van der Waals surface area contributed by atoms with Crippen molar-refractivity contribution in [1.82, 2.24) is 10.2 Å². The van der Waals surface area contributed by atoms with Crippen LogP contribution in [0.5, 0.6) is 0 Å². The molecule has 0 aromatic heterocycles. The molecule has 0 spiro atoms. The molecule has 2 amide bonds. The van der Waals surface area contributed by atoms with E-state index in [1.165, 1.54) is 0 Å². The lowest BCUT2D eigenvalue weighted by Gasteiger charge is -2.20. The van der Waals surface area contributed by atoms with E-state index in [0.717, 1.165) is 22.4 Å². The van der Waals surface area contributed by atoms with Crippen molar-refractivity contribution in [2.24, 2.45) is 0 Å². The molecule has 5 nitrogen and oxygen atoms in total. The van der Waals surface area contributed by atoms with E-state index >= 15 is 0 Å². The van der Waals surface area contributed by atoms with Gasteiger partial charge >= 0.3 is 0 Å². The SMILES string of the molecule is Cc1ccc(NC(=O)CN(C)CC(=O)NC(C)c2ccccc2C)cc1. The first kappa shape index (κ1) is 19.7. The van der Waals surface area contributed by atoms with Crippen molar-refractivity contribution < 1.29 is 9.59 Å². The van der Waals surface area contributed by atoms with Crippen LogP contribution in [0.25, 0.3) is 0 Å². The Balaban J connectivity index is 1.80. The van der Waals surface area contributed by atoms with Crippen LogP contribution in [0.2, 0.25) is 0 Å². The molecule has 0 aliphatic rings. The summed E-state index contributed by atoms with van der Waals surface area (Å²) < 4.78 is 0. The number of hydrogen-bond acceptors (Lipinski definition) is 3. The summed E-state index contributed by atoms with van der Waals surface area (Å²) in [7, 11) is 1.76. The fourth-order valence-corrected chi connectivity index (χ4v) is 2.82. The van der Waals surface area contributed by atoms with Crippen LogP contribution in [0.4, 0.5) is 5.69 Å². The zero-order chi connectivity index (χ0) is 19.1. The minimum Gasteiger partial charge on any atom is -0.348 e. The third-order valence-corrected chi connectivity index (χ3v) is 4.19. The summed E-state index contributed by atoms with van der Waals surface area (Å²) in [6.07, 6.45) is 0. The minimum atomic E-state index is -0.142. The zero-order valence-corrected chi connectivity index (χ0v) is 15.9. The number of anilines is 1. The van der Waals surface area contributed by atoms with Crippen LogP contribution in [-0.2, 0) is 9.59 Å². The monoisotopic (exact) mass is 353 g/mol. The molecule has 0 aliphatic carbocycles. The van der Waals surface area contributed by atoms with E-state index in [2.05, 4.69) is 10.6 Å². The van der Waals surface area contributed by atoms with Gasteiger partial charge in [-0.3, -0.25) is 14.5 Å². The number of amides is 2. The van der Waals surface area contributed by atoms with Crippen molar-refractivity contribution in [3.63, 3.8) is 0 Å². The first-order chi connectivity index (χ1) is 12.3. The van der Waals surface area contributed by atoms with Crippen molar-refractivity contribution in [3.8, 4) is 0 Å². The number of likely N-dealkylation sites (N-methyl/N-ethyl adjacent to an activating group) is 1. The first-order valence-electron chi connectivity index (χ1n) is 8.75. The Kier molecular flexibility index (Phi) is 6.92. The van der Waals surface area contributed by atoms with Crippen LogP contribution < -0.4 is 10.6 Å². The second-order valence-corrected chi connectivity index (χ2v) is 6.73. The summed E-state index contributed by atoms with van der Waals surface area (Å²) in [5, 5.41) is 5.82. The summed E-state index contributed by atoms with van der Waals surface area (Å²) in [5.74, 6) is -0.248. The predicted octanol–water partition coefficient (Wildman–Crippen LogP) is 3.05. The molecular formula is C21H27N3O2. The quantitative estimate of drug-likeness (QED) is 0.804. The number of hydrogen-bond donors (Lipinski definition) is 2. The molecule has 2 rings (SSSR count). The van der Waals surface area contributed by atoms with Gasteiger partial charge in [0.05, 0.1) is 19.1 Å². The summed E-state index contributed by atoms with van der Waals surface area (Å²) in [6, 6.07) is 15.5. The maximum atomic E-state index is 12.2. The number of benzene rings is 2. The van der Waals surface area contributed by atoms with E-state index in [-0.39, 0.29) is 30.9 Å². The molecule has 0 aliphatic heterocycles. The average Bonchev–Trinajstić information content (AvgIpc) is 2.56. The van der Waals surface area contributed by atoms with Crippen LogP contribution in [0.1, 0.15) is 29.7 Å². The maximum absolute atomic E-state index is 12.2. The fraction of sp³-hybridized carbons (Fsp3) is 0.333. The molecule has 0 fully saturated rings. The Bertz CT molecular complexity index is 756. The largest absolute Gasteiger partial charge is 0.348 e. The molecule has 2 aromatic rings. The number of nitrogens with zero attached hydrogens (tertiary/aromatic N) is 1. The molecule has 0 saturated heterocycles. The van der Waals surface area contributed by atoms with Gasteiger partial charge in [0, 0.05) is 5.69 Å². The van der Waals surface area contributed by atoms with Crippen molar-refractivity contribution in [1.29, 1.82) is 0 Å². The number of nitrogens with one attached hydrogen (secondary N) is 2. The van der Waals surface area contributed by atoms with Gasteiger partial charge in [-0.05, 0) is 51.1 Å². The molecule has 1 atom stereocenters. The minimum absolute atomic E-state index is 0.0708. The second-order valence-electron chi connectivity index (χ2n) is 6.73. The lowest BCUT2D eigenvalue weighted by atomic mass is 10.0. The number of aryl methyl sites for hydroxylation is 2. The number of carbonyl (C=O) groups excluding carboxylic acids is 2.